The van der Waals surface area contributed by atoms with Crippen molar-refractivity contribution in [2.75, 3.05) is 26.9 Å². The zero-order valence-electron chi connectivity index (χ0n) is 19.9. The topological polar surface area (TPSA) is 179 Å². The molecule has 13 heteroatoms. The minimum atomic E-state index is -1.34. The number of carbonyl (C=O) groups excluding carboxylic acids is 4. The Labute approximate surface area is 206 Å². The summed E-state index contributed by atoms with van der Waals surface area (Å²) in [5.41, 5.74) is 9.42. The highest BCUT2D eigenvalue weighted by Gasteiger charge is 2.78. The second-order valence-corrected chi connectivity index (χ2v) is 9.38. The molecule has 0 saturated carbocycles. The minimum absolute atomic E-state index is 0.0929. The number of primary amides is 1. The van der Waals surface area contributed by atoms with Gasteiger partial charge in [-0.25, -0.2) is 9.59 Å². The predicted octanol–water partition coefficient (Wildman–Crippen LogP) is 0.163. The SMILES string of the molecule is C#CCCC1(CCOC(=O)N2[C@H]3[C@@H]2CN2C4=C(C(=O)C(N)=C(C)C4=O)[C@@H](COC(N)=O)[C@@]32OC)N=N1. The number of rotatable bonds is 8. The summed E-state index contributed by atoms with van der Waals surface area (Å²) in [4.78, 5) is 53.9. The highest BCUT2D eigenvalue weighted by molar-refractivity contribution is 6.25. The van der Waals surface area contributed by atoms with Crippen LogP contribution in [0, 0.1) is 18.3 Å². The van der Waals surface area contributed by atoms with Gasteiger partial charge in [0.25, 0.3) is 0 Å². The first-order valence-electron chi connectivity index (χ1n) is 11.5. The van der Waals surface area contributed by atoms with Gasteiger partial charge in [0.05, 0.1) is 30.0 Å². The lowest BCUT2D eigenvalue weighted by Crippen LogP contribution is -2.56. The van der Waals surface area contributed by atoms with E-state index in [-0.39, 0.29) is 48.3 Å². The van der Waals surface area contributed by atoms with Gasteiger partial charge < -0.3 is 30.6 Å². The number of nitrogens with zero attached hydrogens (tertiary/aromatic N) is 4. The normalized spacial score (nSPS) is 30.6. The van der Waals surface area contributed by atoms with Gasteiger partial charge in [0, 0.05) is 44.1 Å². The standard InChI is InChI=1S/C23H26N6O7/c1-4-5-6-22(26-27-22)7-8-35-21(33)29-13-9-28-16-14(18(31)15(24)11(2)17(16)30)12(10-36-20(25)32)23(28,34-3)19(13)29/h1,12-13,19H,5-10,24H2,2-3H3,(H2,25,32)/t12-,13+,19+,23-,29?/m1/s1. The first kappa shape index (κ1) is 23.8. The van der Waals surface area contributed by atoms with Crippen LogP contribution in [0.25, 0.3) is 0 Å². The molecule has 0 radical (unpaired) electrons. The quantitative estimate of drug-likeness (QED) is 0.268. The van der Waals surface area contributed by atoms with E-state index in [2.05, 4.69) is 16.1 Å². The van der Waals surface area contributed by atoms with Gasteiger partial charge >= 0.3 is 12.2 Å². The van der Waals surface area contributed by atoms with Crippen molar-refractivity contribution in [1.82, 2.24) is 9.80 Å². The van der Waals surface area contributed by atoms with Crippen molar-refractivity contribution >= 4 is 23.8 Å². The second kappa shape index (κ2) is 8.06. The van der Waals surface area contributed by atoms with E-state index in [0.717, 1.165) is 0 Å². The fourth-order valence-electron chi connectivity index (χ4n) is 5.77. The maximum absolute atomic E-state index is 13.2. The van der Waals surface area contributed by atoms with Crippen molar-refractivity contribution in [3.8, 4) is 12.3 Å². The zero-order chi connectivity index (χ0) is 26.0. The largest absolute Gasteiger partial charge is 0.449 e. The molecule has 13 nitrogen and oxygen atoms in total. The molecule has 5 rings (SSSR count). The van der Waals surface area contributed by atoms with E-state index >= 15 is 0 Å². The molecule has 4 atom stereocenters. The van der Waals surface area contributed by atoms with E-state index in [1.165, 1.54) is 18.9 Å². The summed E-state index contributed by atoms with van der Waals surface area (Å²) < 4.78 is 16.5. The van der Waals surface area contributed by atoms with Crippen molar-refractivity contribution < 1.29 is 33.4 Å². The Morgan fingerprint density at radius 2 is 1.94 bits per heavy atom. The summed E-state index contributed by atoms with van der Waals surface area (Å²) in [5.74, 6) is 0.699. The average Bonchev–Trinajstić information content (AvgIpc) is 3.73. The number of hydrogen-bond donors (Lipinski definition) is 2. The average molecular weight is 498 g/mol. The van der Waals surface area contributed by atoms with Crippen LogP contribution in [0.1, 0.15) is 26.2 Å². The first-order valence-corrected chi connectivity index (χ1v) is 11.5. The predicted molar refractivity (Wildman–Crippen MR) is 120 cm³/mol. The number of ketones is 2. The Balaban J connectivity index is 1.36. The molecule has 5 aliphatic rings. The molecule has 2 saturated heterocycles. The second-order valence-electron chi connectivity index (χ2n) is 9.38. The van der Waals surface area contributed by atoms with Crippen LogP contribution in [-0.2, 0) is 23.8 Å². The summed E-state index contributed by atoms with van der Waals surface area (Å²) >= 11 is 0. The number of carbonyl (C=O) groups is 4. The van der Waals surface area contributed by atoms with E-state index in [0.29, 0.717) is 19.3 Å². The third-order valence-corrected chi connectivity index (χ3v) is 7.68. The Bertz CT molecular complexity index is 1210. The minimum Gasteiger partial charge on any atom is -0.449 e. The van der Waals surface area contributed by atoms with Gasteiger partial charge in [-0.1, -0.05) is 0 Å². The number of methoxy groups -OCH3 is 1. The highest BCUT2D eigenvalue weighted by Crippen LogP contribution is 2.59. The Morgan fingerprint density at radius 3 is 2.56 bits per heavy atom. The number of piperazine rings is 1. The molecule has 4 N–H and O–H groups in total. The van der Waals surface area contributed by atoms with Gasteiger partial charge in [0.2, 0.25) is 11.6 Å². The van der Waals surface area contributed by atoms with Crippen LogP contribution >= 0.6 is 0 Å². The van der Waals surface area contributed by atoms with Crippen LogP contribution in [0.2, 0.25) is 0 Å². The molecule has 0 spiro atoms. The summed E-state index contributed by atoms with van der Waals surface area (Å²) in [6, 6.07) is -0.894. The summed E-state index contributed by atoms with van der Waals surface area (Å²) in [5, 5.41) is 8.06. The molecular weight excluding hydrogens is 472 g/mol. The van der Waals surface area contributed by atoms with E-state index < -0.39 is 47.1 Å². The summed E-state index contributed by atoms with van der Waals surface area (Å²) in [6.07, 6.45) is 5.22. The van der Waals surface area contributed by atoms with Crippen LogP contribution in [-0.4, -0.2) is 83.9 Å². The van der Waals surface area contributed by atoms with Crippen LogP contribution in [0.4, 0.5) is 9.59 Å². The van der Waals surface area contributed by atoms with E-state index in [1.54, 1.807) is 4.90 Å². The number of allylic oxidation sites excluding steroid dienone is 2. The molecule has 2 amide bonds. The molecule has 4 heterocycles. The number of terminal acetylenes is 1. The molecular formula is C23H26N6O7. The maximum Gasteiger partial charge on any atom is 0.410 e. The smallest absolute Gasteiger partial charge is 0.410 e. The van der Waals surface area contributed by atoms with Gasteiger partial charge in [-0.2, -0.15) is 10.2 Å². The highest BCUT2D eigenvalue weighted by atomic mass is 16.6. The van der Waals surface area contributed by atoms with E-state index in [9.17, 15) is 19.2 Å². The molecule has 190 valence electrons. The number of fused-ring (bicyclic) bond motifs is 4. The van der Waals surface area contributed by atoms with Crippen LogP contribution in [0.15, 0.2) is 32.8 Å². The van der Waals surface area contributed by atoms with E-state index in [4.69, 9.17) is 32.1 Å². The molecule has 0 bridgehead atoms. The summed E-state index contributed by atoms with van der Waals surface area (Å²) in [7, 11) is 1.41. The van der Waals surface area contributed by atoms with Crippen molar-refractivity contribution in [1.29, 1.82) is 0 Å². The molecule has 0 unspecified atom stereocenters. The van der Waals surface area contributed by atoms with Crippen molar-refractivity contribution in [2.24, 2.45) is 27.6 Å². The van der Waals surface area contributed by atoms with Crippen molar-refractivity contribution in [3.63, 3.8) is 0 Å². The lowest BCUT2D eigenvalue weighted by molar-refractivity contribution is -0.144. The molecule has 0 aromatic heterocycles. The third kappa shape index (κ3) is 3.21. The molecule has 1 aliphatic carbocycles. The summed E-state index contributed by atoms with van der Waals surface area (Å²) in [6.45, 7) is 1.46. The first-order chi connectivity index (χ1) is 17.1. The van der Waals surface area contributed by atoms with Crippen molar-refractivity contribution in [2.45, 2.75) is 49.7 Å². The Morgan fingerprint density at radius 1 is 1.22 bits per heavy atom. The van der Waals surface area contributed by atoms with Gasteiger partial charge in [-0.15, -0.1) is 12.3 Å². The van der Waals surface area contributed by atoms with Crippen LogP contribution in [0.5, 0.6) is 0 Å². The Kier molecular flexibility index (Phi) is 5.33. The third-order valence-electron chi connectivity index (χ3n) is 7.68. The van der Waals surface area contributed by atoms with E-state index in [1.807, 2.05) is 0 Å². The number of Topliss-reactive ketones (excluding diaryl/α,β-unsaturated/α-hetero) is 2. The zero-order valence-corrected chi connectivity index (χ0v) is 19.9. The van der Waals surface area contributed by atoms with Crippen molar-refractivity contribution in [3.05, 3.63) is 22.5 Å². The fraction of sp³-hybridized carbons (Fsp3) is 0.565. The van der Waals surface area contributed by atoms with Gasteiger partial charge in [-0.3, -0.25) is 14.5 Å². The monoisotopic (exact) mass is 498 g/mol. The van der Waals surface area contributed by atoms with Crippen LogP contribution in [0.3, 0.4) is 0 Å². The lowest BCUT2D eigenvalue weighted by atomic mass is 9.82. The number of hydrogen-bond acceptors (Lipinski definition) is 11. The molecule has 2 fully saturated rings. The maximum atomic E-state index is 13.2. The molecule has 4 aliphatic heterocycles. The number of amides is 2. The lowest BCUT2D eigenvalue weighted by Gasteiger charge is -2.40. The van der Waals surface area contributed by atoms with Gasteiger partial charge in [-0.05, 0) is 6.92 Å². The van der Waals surface area contributed by atoms with Crippen LogP contribution < -0.4 is 11.5 Å². The fourth-order valence-corrected chi connectivity index (χ4v) is 5.77. The molecule has 0 aromatic carbocycles. The van der Waals surface area contributed by atoms with Gasteiger partial charge in [0.1, 0.15) is 12.6 Å². The Hall–Kier alpha value is -3.92. The number of nitrogens with two attached hydrogens (primary N) is 2. The van der Waals surface area contributed by atoms with Gasteiger partial charge in [0.15, 0.2) is 11.4 Å². The molecule has 0 aromatic rings. The molecule has 36 heavy (non-hydrogen) atoms. The number of ether oxygens (including phenoxy) is 3.